The molecule has 0 saturated carbocycles. The van der Waals surface area contributed by atoms with Crippen LogP contribution in [0.25, 0.3) is 0 Å². The normalized spacial score (nSPS) is 11.1. The molecule has 0 atom stereocenters. The van der Waals surface area contributed by atoms with E-state index in [2.05, 4.69) is 5.32 Å². The van der Waals surface area contributed by atoms with E-state index < -0.39 is 10.0 Å². The summed E-state index contributed by atoms with van der Waals surface area (Å²) >= 11 is 0. The number of nitrogens with zero attached hydrogens (tertiary/aromatic N) is 1. The highest BCUT2D eigenvalue weighted by atomic mass is 32.2. The second-order valence-corrected chi connectivity index (χ2v) is 7.40. The summed E-state index contributed by atoms with van der Waals surface area (Å²) in [6, 6.07) is 14.7. The lowest BCUT2D eigenvalue weighted by Crippen LogP contribution is -2.27. The molecule has 0 heterocycles. The van der Waals surface area contributed by atoms with Crippen molar-refractivity contribution in [2.75, 3.05) is 31.6 Å². The first-order chi connectivity index (χ1) is 12.0. The summed E-state index contributed by atoms with van der Waals surface area (Å²) < 4.78 is 31.5. The van der Waals surface area contributed by atoms with Gasteiger partial charge in [0.25, 0.3) is 15.9 Å². The third-order valence-electron chi connectivity index (χ3n) is 3.71. The maximum atomic E-state index is 12.7. The van der Waals surface area contributed by atoms with Gasteiger partial charge in [0, 0.05) is 32.9 Å². The highest BCUT2D eigenvalue weighted by Gasteiger charge is 2.21. The highest BCUT2D eigenvalue weighted by Crippen LogP contribution is 2.21. The van der Waals surface area contributed by atoms with E-state index in [1.54, 1.807) is 31.4 Å². The topological polar surface area (TPSA) is 75.7 Å². The lowest BCUT2D eigenvalue weighted by Gasteiger charge is -2.19. The molecular formula is C18H22N2O4S. The van der Waals surface area contributed by atoms with Crippen molar-refractivity contribution in [2.24, 2.45) is 0 Å². The minimum absolute atomic E-state index is 0.134. The number of carbonyl (C=O) groups excluding carboxylic acids is 1. The Labute approximate surface area is 148 Å². The van der Waals surface area contributed by atoms with Crippen LogP contribution in [0.1, 0.15) is 16.8 Å². The van der Waals surface area contributed by atoms with Crippen LogP contribution in [0.4, 0.5) is 5.69 Å². The molecule has 7 heteroatoms. The van der Waals surface area contributed by atoms with Crippen molar-refractivity contribution in [1.82, 2.24) is 5.32 Å². The predicted octanol–water partition coefficient (Wildman–Crippen LogP) is 2.28. The maximum Gasteiger partial charge on any atom is 0.264 e. The number of hydrogen-bond acceptors (Lipinski definition) is 4. The van der Waals surface area contributed by atoms with Crippen LogP contribution < -0.4 is 9.62 Å². The number of methoxy groups -OCH3 is 1. The second-order valence-electron chi connectivity index (χ2n) is 5.43. The minimum atomic E-state index is -3.67. The molecule has 0 unspecified atom stereocenters. The lowest BCUT2D eigenvalue weighted by molar-refractivity contribution is 0.0948. The van der Waals surface area contributed by atoms with Crippen molar-refractivity contribution in [1.29, 1.82) is 0 Å². The second kappa shape index (κ2) is 8.64. The SMILES string of the molecule is COCCCNC(=O)c1ccc(S(=O)(=O)N(C)c2ccccc2)cc1. The fraction of sp³-hybridized carbons (Fsp3) is 0.278. The fourth-order valence-electron chi connectivity index (χ4n) is 2.23. The van der Waals surface area contributed by atoms with Crippen LogP contribution in [-0.2, 0) is 14.8 Å². The molecule has 1 amide bonds. The Morgan fingerprint density at radius 2 is 1.72 bits per heavy atom. The quantitative estimate of drug-likeness (QED) is 0.731. The number of amides is 1. The van der Waals surface area contributed by atoms with E-state index in [-0.39, 0.29) is 10.8 Å². The van der Waals surface area contributed by atoms with Crippen molar-refractivity contribution in [3.8, 4) is 0 Å². The summed E-state index contributed by atoms with van der Waals surface area (Å²) in [5.74, 6) is -0.239. The van der Waals surface area contributed by atoms with Gasteiger partial charge < -0.3 is 10.1 Å². The molecule has 2 aromatic rings. The minimum Gasteiger partial charge on any atom is -0.385 e. The number of nitrogens with one attached hydrogen (secondary N) is 1. The van der Waals surface area contributed by atoms with Gasteiger partial charge >= 0.3 is 0 Å². The van der Waals surface area contributed by atoms with Crippen LogP contribution in [0.15, 0.2) is 59.5 Å². The molecule has 0 aliphatic carbocycles. The number of rotatable bonds is 8. The van der Waals surface area contributed by atoms with E-state index in [4.69, 9.17) is 4.74 Å². The predicted molar refractivity (Wildman–Crippen MR) is 97.3 cm³/mol. The van der Waals surface area contributed by atoms with Gasteiger partial charge in [-0.15, -0.1) is 0 Å². The van der Waals surface area contributed by atoms with E-state index >= 15 is 0 Å². The molecule has 25 heavy (non-hydrogen) atoms. The molecule has 0 aromatic heterocycles. The van der Waals surface area contributed by atoms with Crippen molar-refractivity contribution < 1.29 is 17.9 Å². The average Bonchev–Trinajstić information content (AvgIpc) is 2.65. The largest absolute Gasteiger partial charge is 0.385 e. The summed E-state index contributed by atoms with van der Waals surface area (Å²) in [5, 5.41) is 2.76. The van der Waals surface area contributed by atoms with Crippen molar-refractivity contribution in [2.45, 2.75) is 11.3 Å². The molecule has 1 N–H and O–H groups in total. The molecule has 0 radical (unpaired) electrons. The zero-order valence-electron chi connectivity index (χ0n) is 14.3. The van der Waals surface area contributed by atoms with Crippen LogP contribution in [-0.4, -0.2) is 41.6 Å². The summed E-state index contributed by atoms with van der Waals surface area (Å²) in [6.07, 6.45) is 0.719. The maximum absolute atomic E-state index is 12.7. The fourth-order valence-corrected chi connectivity index (χ4v) is 3.43. The van der Waals surface area contributed by atoms with Gasteiger partial charge in [0.1, 0.15) is 0 Å². The average molecular weight is 362 g/mol. The molecule has 6 nitrogen and oxygen atoms in total. The van der Waals surface area contributed by atoms with Crippen LogP contribution in [0.2, 0.25) is 0 Å². The number of para-hydroxylation sites is 1. The van der Waals surface area contributed by atoms with Crippen molar-refractivity contribution in [3.05, 3.63) is 60.2 Å². The van der Waals surface area contributed by atoms with E-state index in [1.165, 1.54) is 35.6 Å². The van der Waals surface area contributed by atoms with Crippen LogP contribution >= 0.6 is 0 Å². The Hall–Kier alpha value is -2.38. The smallest absolute Gasteiger partial charge is 0.264 e. The Bertz CT molecular complexity index is 790. The molecule has 0 saturated heterocycles. The van der Waals surface area contributed by atoms with Gasteiger partial charge in [-0.2, -0.15) is 0 Å². The number of anilines is 1. The molecule has 0 aliphatic heterocycles. The Balaban J connectivity index is 2.09. The number of carbonyl (C=O) groups is 1. The van der Waals surface area contributed by atoms with Crippen LogP contribution in [0.3, 0.4) is 0 Å². The van der Waals surface area contributed by atoms with Gasteiger partial charge in [-0.3, -0.25) is 9.10 Å². The van der Waals surface area contributed by atoms with Gasteiger partial charge in [-0.1, -0.05) is 18.2 Å². The first-order valence-corrected chi connectivity index (χ1v) is 9.32. The molecule has 2 rings (SSSR count). The Morgan fingerprint density at radius 1 is 1.08 bits per heavy atom. The van der Waals surface area contributed by atoms with Crippen LogP contribution in [0.5, 0.6) is 0 Å². The van der Waals surface area contributed by atoms with E-state index in [1.807, 2.05) is 6.07 Å². The van der Waals surface area contributed by atoms with Gasteiger partial charge in [0.15, 0.2) is 0 Å². The molecule has 0 fully saturated rings. The standard InChI is InChI=1S/C18H22N2O4S/c1-20(16-7-4-3-5-8-16)25(22,23)17-11-9-15(10-12-17)18(21)19-13-6-14-24-2/h3-5,7-12H,6,13-14H2,1-2H3,(H,19,21). The zero-order chi connectivity index (χ0) is 18.3. The first-order valence-electron chi connectivity index (χ1n) is 7.88. The number of sulfonamides is 1. The lowest BCUT2D eigenvalue weighted by atomic mass is 10.2. The number of hydrogen-bond donors (Lipinski definition) is 1. The van der Waals surface area contributed by atoms with Gasteiger partial charge in [0.2, 0.25) is 0 Å². The molecule has 0 spiro atoms. The van der Waals surface area contributed by atoms with E-state index in [0.717, 1.165) is 6.42 Å². The molecule has 0 aliphatic rings. The molecule has 134 valence electrons. The number of benzene rings is 2. The number of ether oxygens (including phenoxy) is 1. The van der Waals surface area contributed by atoms with Crippen molar-refractivity contribution >= 4 is 21.6 Å². The third kappa shape index (κ3) is 4.80. The third-order valence-corrected chi connectivity index (χ3v) is 5.51. The Morgan fingerprint density at radius 3 is 2.32 bits per heavy atom. The van der Waals surface area contributed by atoms with Gasteiger partial charge in [0.05, 0.1) is 10.6 Å². The molecular weight excluding hydrogens is 340 g/mol. The first kappa shape index (κ1) is 19.0. The van der Waals surface area contributed by atoms with Gasteiger partial charge in [-0.25, -0.2) is 8.42 Å². The summed E-state index contributed by atoms with van der Waals surface area (Å²) in [4.78, 5) is 12.1. The van der Waals surface area contributed by atoms with Crippen molar-refractivity contribution in [3.63, 3.8) is 0 Å². The van der Waals surface area contributed by atoms with E-state index in [9.17, 15) is 13.2 Å². The zero-order valence-corrected chi connectivity index (χ0v) is 15.1. The van der Waals surface area contributed by atoms with Crippen LogP contribution in [0, 0.1) is 0 Å². The summed E-state index contributed by atoms with van der Waals surface area (Å²) in [6.45, 7) is 1.08. The highest BCUT2D eigenvalue weighted by molar-refractivity contribution is 7.92. The monoisotopic (exact) mass is 362 g/mol. The summed E-state index contributed by atoms with van der Waals surface area (Å²) in [5.41, 5.74) is 0.987. The van der Waals surface area contributed by atoms with Gasteiger partial charge in [-0.05, 0) is 42.8 Å². The molecule has 2 aromatic carbocycles. The van der Waals surface area contributed by atoms with E-state index in [0.29, 0.717) is 24.4 Å². The Kier molecular flexibility index (Phi) is 6.55. The summed E-state index contributed by atoms with van der Waals surface area (Å²) in [7, 11) is -0.568. The molecule has 0 bridgehead atoms.